The smallest absolute Gasteiger partial charge is 0.341 e. The summed E-state index contributed by atoms with van der Waals surface area (Å²) in [5.41, 5.74) is 1.48. The maximum absolute atomic E-state index is 12.8. The van der Waals surface area contributed by atoms with Gasteiger partial charge >= 0.3 is 5.97 Å². The summed E-state index contributed by atoms with van der Waals surface area (Å²) >= 11 is 6.22. The van der Waals surface area contributed by atoms with Crippen LogP contribution in [0.15, 0.2) is 40.9 Å². The standard InChI is InChI=1S/C21H19ClO6/c22-11-7-8-15(27-10-18(25)26)12(9-11)19-20-13(23)3-1-5-16(20)28-17-6-2-4-14(24)21(17)19/h7-9,19H,1-6,10H2,(H,25,26). The van der Waals surface area contributed by atoms with Crippen molar-refractivity contribution in [2.45, 2.75) is 44.4 Å². The first-order chi connectivity index (χ1) is 13.5. The second-order valence-electron chi connectivity index (χ2n) is 7.13. The number of halogens is 1. The lowest BCUT2D eigenvalue weighted by molar-refractivity contribution is -0.139. The first-order valence-electron chi connectivity index (χ1n) is 9.30. The third kappa shape index (κ3) is 3.33. The van der Waals surface area contributed by atoms with Crippen molar-refractivity contribution in [2.75, 3.05) is 6.61 Å². The summed E-state index contributed by atoms with van der Waals surface area (Å²) in [6.07, 6.45) is 3.46. The van der Waals surface area contributed by atoms with Gasteiger partial charge in [0, 0.05) is 47.4 Å². The fourth-order valence-corrected chi connectivity index (χ4v) is 4.33. The predicted molar refractivity (Wildman–Crippen MR) is 100 cm³/mol. The van der Waals surface area contributed by atoms with Gasteiger partial charge in [0.2, 0.25) is 0 Å². The van der Waals surface area contributed by atoms with Crippen molar-refractivity contribution in [3.63, 3.8) is 0 Å². The summed E-state index contributed by atoms with van der Waals surface area (Å²) in [5.74, 6) is -0.343. The Kier molecular flexibility index (Phi) is 4.98. The molecule has 0 unspecified atom stereocenters. The number of carboxylic acid groups (broad SMARTS) is 1. The Balaban J connectivity index is 1.90. The summed E-state index contributed by atoms with van der Waals surface area (Å²) in [4.78, 5) is 36.6. The zero-order chi connectivity index (χ0) is 19.8. The Morgan fingerprint density at radius 2 is 1.68 bits per heavy atom. The molecular weight excluding hydrogens is 384 g/mol. The lowest BCUT2D eigenvalue weighted by Crippen LogP contribution is -2.30. The van der Waals surface area contributed by atoms with Gasteiger partial charge in [0.25, 0.3) is 0 Å². The Morgan fingerprint density at radius 1 is 1.07 bits per heavy atom. The fourth-order valence-electron chi connectivity index (χ4n) is 4.14. The third-order valence-electron chi connectivity index (χ3n) is 5.27. The Bertz CT molecular complexity index is 900. The second kappa shape index (κ2) is 7.43. The van der Waals surface area contributed by atoms with Crippen molar-refractivity contribution in [1.29, 1.82) is 0 Å². The van der Waals surface area contributed by atoms with Crippen LogP contribution in [0.5, 0.6) is 5.75 Å². The van der Waals surface area contributed by atoms with Gasteiger partial charge in [0.05, 0.1) is 5.92 Å². The summed E-state index contributed by atoms with van der Waals surface area (Å²) < 4.78 is 11.5. The number of allylic oxidation sites excluding steroid dienone is 4. The quantitative estimate of drug-likeness (QED) is 0.820. The van der Waals surface area contributed by atoms with E-state index >= 15 is 0 Å². The number of carbonyl (C=O) groups excluding carboxylic acids is 2. The first-order valence-corrected chi connectivity index (χ1v) is 9.68. The van der Waals surface area contributed by atoms with E-state index in [0.29, 0.717) is 77.5 Å². The second-order valence-corrected chi connectivity index (χ2v) is 7.56. The van der Waals surface area contributed by atoms with Crippen molar-refractivity contribution >= 4 is 29.1 Å². The number of hydrogen-bond donors (Lipinski definition) is 1. The number of hydrogen-bond acceptors (Lipinski definition) is 5. The molecule has 0 spiro atoms. The molecule has 28 heavy (non-hydrogen) atoms. The molecule has 1 aliphatic heterocycles. The van der Waals surface area contributed by atoms with Crippen molar-refractivity contribution in [3.8, 4) is 5.75 Å². The van der Waals surface area contributed by atoms with Gasteiger partial charge in [-0.3, -0.25) is 9.59 Å². The molecule has 1 N–H and O–H groups in total. The monoisotopic (exact) mass is 402 g/mol. The van der Waals surface area contributed by atoms with Gasteiger partial charge in [-0.15, -0.1) is 0 Å². The number of benzene rings is 1. The number of carboxylic acids is 1. The lowest BCUT2D eigenvalue weighted by atomic mass is 9.73. The summed E-state index contributed by atoms with van der Waals surface area (Å²) in [6, 6.07) is 4.82. The molecule has 0 radical (unpaired) electrons. The van der Waals surface area contributed by atoms with Crippen LogP contribution in [-0.4, -0.2) is 29.2 Å². The van der Waals surface area contributed by atoms with Crippen molar-refractivity contribution in [3.05, 3.63) is 51.4 Å². The van der Waals surface area contributed by atoms with Gasteiger partial charge in [-0.1, -0.05) is 11.6 Å². The molecule has 1 aromatic rings. The molecule has 7 heteroatoms. The minimum atomic E-state index is -1.12. The molecule has 0 saturated carbocycles. The highest BCUT2D eigenvalue weighted by Crippen LogP contribution is 2.50. The SMILES string of the molecule is O=C(O)COc1ccc(Cl)cc1C1C2=C(CCCC2=O)OC2=C1C(=O)CCC2. The van der Waals surface area contributed by atoms with E-state index in [1.807, 2.05) is 0 Å². The van der Waals surface area contributed by atoms with Crippen LogP contribution in [-0.2, 0) is 19.1 Å². The van der Waals surface area contributed by atoms with Crippen molar-refractivity contribution in [1.82, 2.24) is 0 Å². The zero-order valence-electron chi connectivity index (χ0n) is 15.1. The van der Waals surface area contributed by atoms with Crippen LogP contribution in [0, 0.1) is 0 Å². The molecule has 6 nitrogen and oxygen atoms in total. The number of Topliss-reactive ketones (excluding diaryl/α,β-unsaturated/α-hetero) is 2. The summed E-state index contributed by atoms with van der Waals surface area (Å²) in [6.45, 7) is -0.530. The third-order valence-corrected chi connectivity index (χ3v) is 5.51. The van der Waals surface area contributed by atoms with Gasteiger partial charge in [-0.05, 0) is 31.0 Å². The molecule has 0 bridgehead atoms. The van der Waals surface area contributed by atoms with Crippen LogP contribution in [0.3, 0.4) is 0 Å². The number of aliphatic carboxylic acids is 1. The minimum absolute atomic E-state index is 0.0552. The molecular formula is C21H19ClO6. The molecule has 1 aromatic carbocycles. The van der Waals surface area contributed by atoms with Crippen molar-refractivity contribution < 1.29 is 29.0 Å². The average molecular weight is 403 g/mol. The molecule has 146 valence electrons. The molecule has 0 amide bonds. The molecule has 0 aromatic heterocycles. The van der Waals surface area contributed by atoms with Crippen LogP contribution in [0.4, 0.5) is 0 Å². The normalized spacial score (nSPS) is 19.9. The van der Waals surface area contributed by atoms with Gasteiger partial charge in [0.1, 0.15) is 17.3 Å². The van der Waals surface area contributed by atoms with E-state index in [9.17, 15) is 14.4 Å². The minimum Gasteiger partial charge on any atom is -0.482 e. The molecule has 3 aliphatic rings. The molecule has 0 atom stereocenters. The van der Waals surface area contributed by atoms with Gasteiger partial charge in [-0.25, -0.2) is 4.79 Å². The zero-order valence-corrected chi connectivity index (χ0v) is 15.9. The number of ether oxygens (including phenoxy) is 2. The molecule has 4 rings (SSSR count). The van der Waals surface area contributed by atoms with E-state index in [-0.39, 0.29) is 11.6 Å². The number of ketones is 2. The van der Waals surface area contributed by atoms with E-state index in [4.69, 9.17) is 26.2 Å². The van der Waals surface area contributed by atoms with E-state index in [1.54, 1.807) is 18.2 Å². The molecule has 0 saturated heterocycles. The predicted octanol–water partition coefficient (Wildman–Crippen LogP) is 3.93. The summed E-state index contributed by atoms with van der Waals surface area (Å²) in [5, 5.41) is 9.41. The maximum atomic E-state index is 12.8. The van der Waals surface area contributed by atoms with Crippen LogP contribution < -0.4 is 4.74 Å². The molecule has 0 fully saturated rings. The Morgan fingerprint density at radius 3 is 2.25 bits per heavy atom. The average Bonchev–Trinajstić information content (AvgIpc) is 2.66. The van der Waals surface area contributed by atoms with E-state index in [0.717, 1.165) is 0 Å². The first kappa shape index (κ1) is 18.7. The maximum Gasteiger partial charge on any atom is 0.341 e. The largest absolute Gasteiger partial charge is 0.482 e. The molecule has 2 aliphatic carbocycles. The van der Waals surface area contributed by atoms with E-state index < -0.39 is 18.5 Å². The number of carbonyl (C=O) groups is 3. The lowest BCUT2D eigenvalue weighted by Gasteiger charge is -2.36. The van der Waals surface area contributed by atoms with Crippen molar-refractivity contribution in [2.24, 2.45) is 0 Å². The Labute approximate surface area is 166 Å². The molecule has 1 heterocycles. The highest BCUT2D eigenvalue weighted by atomic mass is 35.5. The highest BCUT2D eigenvalue weighted by molar-refractivity contribution is 6.30. The van der Waals surface area contributed by atoms with Gasteiger partial charge in [-0.2, -0.15) is 0 Å². The topological polar surface area (TPSA) is 89.9 Å². The van der Waals surface area contributed by atoms with Gasteiger partial charge in [0.15, 0.2) is 18.2 Å². The summed E-state index contributed by atoms with van der Waals surface area (Å²) in [7, 11) is 0. The van der Waals surface area contributed by atoms with Crippen LogP contribution in [0.25, 0.3) is 0 Å². The van der Waals surface area contributed by atoms with E-state index in [1.165, 1.54) is 0 Å². The van der Waals surface area contributed by atoms with Crippen LogP contribution in [0.1, 0.15) is 50.0 Å². The van der Waals surface area contributed by atoms with Crippen LogP contribution >= 0.6 is 11.6 Å². The van der Waals surface area contributed by atoms with Crippen LogP contribution in [0.2, 0.25) is 5.02 Å². The fraction of sp³-hybridized carbons (Fsp3) is 0.381. The number of rotatable bonds is 4. The highest BCUT2D eigenvalue weighted by Gasteiger charge is 2.42. The van der Waals surface area contributed by atoms with E-state index in [2.05, 4.69) is 0 Å². The van der Waals surface area contributed by atoms with Gasteiger partial charge < -0.3 is 14.6 Å². The Hall–Kier alpha value is -2.60.